The lowest BCUT2D eigenvalue weighted by atomic mass is 10.1. The number of hydrogen-bond acceptors (Lipinski definition) is 6. The Morgan fingerprint density at radius 3 is 2.77 bits per heavy atom. The highest BCUT2D eigenvalue weighted by Gasteiger charge is 2.21. The minimum atomic E-state index is -0.512. The molecule has 30 heavy (non-hydrogen) atoms. The number of carbonyl (C=O) groups excluding carboxylic acids is 2. The number of nitrogens with zero attached hydrogens (tertiary/aromatic N) is 3. The summed E-state index contributed by atoms with van der Waals surface area (Å²) in [6.45, 7) is 3.32. The summed E-state index contributed by atoms with van der Waals surface area (Å²) in [5.74, 6) is 0.186. The standard InChI is InChI=1S/C21H17FN4O4/c1-12(27)18-7-6-17(30-18)11-26-10-16(9-23-26)25-21(28)19-20(29-13(2)24-19)14-4-3-5-15(22)8-14/h3-10H,11H2,1-2H3,(H,25,28). The lowest BCUT2D eigenvalue weighted by Gasteiger charge is -2.02. The van der Waals surface area contributed by atoms with E-state index >= 15 is 0 Å². The van der Waals surface area contributed by atoms with Gasteiger partial charge < -0.3 is 14.2 Å². The van der Waals surface area contributed by atoms with Gasteiger partial charge in [0.05, 0.1) is 18.4 Å². The number of ketones is 1. The molecule has 1 aromatic carbocycles. The van der Waals surface area contributed by atoms with Gasteiger partial charge >= 0.3 is 0 Å². The van der Waals surface area contributed by atoms with E-state index in [9.17, 15) is 14.0 Å². The first-order chi connectivity index (χ1) is 14.4. The van der Waals surface area contributed by atoms with Gasteiger partial charge in [-0.2, -0.15) is 5.10 Å². The van der Waals surface area contributed by atoms with E-state index < -0.39 is 11.7 Å². The average molecular weight is 408 g/mol. The second-order valence-electron chi connectivity index (χ2n) is 6.62. The van der Waals surface area contributed by atoms with Gasteiger partial charge in [-0.05, 0) is 24.3 Å². The van der Waals surface area contributed by atoms with Gasteiger partial charge in [-0.25, -0.2) is 9.37 Å². The van der Waals surface area contributed by atoms with Crippen LogP contribution in [0.4, 0.5) is 10.1 Å². The molecule has 8 nitrogen and oxygen atoms in total. The highest BCUT2D eigenvalue weighted by atomic mass is 19.1. The molecule has 0 radical (unpaired) electrons. The first-order valence-electron chi connectivity index (χ1n) is 9.06. The van der Waals surface area contributed by atoms with Gasteiger partial charge in [0.2, 0.25) is 0 Å². The van der Waals surface area contributed by atoms with Gasteiger partial charge in [0.25, 0.3) is 5.91 Å². The number of amides is 1. The quantitative estimate of drug-likeness (QED) is 0.482. The molecule has 4 aromatic rings. The van der Waals surface area contributed by atoms with Crippen LogP contribution in [-0.4, -0.2) is 26.5 Å². The van der Waals surface area contributed by atoms with E-state index in [2.05, 4.69) is 15.4 Å². The number of rotatable bonds is 6. The predicted molar refractivity (Wildman–Crippen MR) is 105 cm³/mol. The number of oxazole rings is 1. The summed E-state index contributed by atoms with van der Waals surface area (Å²) in [4.78, 5) is 28.2. The van der Waals surface area contributed by atoms with Crippen LogP contribution in [0.2, 0.25) is 0 Å². The number of furan rings is 1. The molecule has 1 amide bonds. The Morgan fingerprint density at radius 1 is 1.20 bits per heavy atom. The maximum absolute atomic E-state index is 13.6. The van der Waals surface area contributed by atoms with Crippen molar-refractivity contribution in [2.75, 3.05) is 5.32 Å². The number of Topliss-reactive ketones (excluding diaryl/α,β-unsaturated/α-hetero) is 1. The van der Waals surface area contributed by atoms with Crippen molar-refractivity contribution in [2.24, 2.45) is 0 Å². The van der Waals surface area contributed by atoms with Crippen molar-refractivity contribution < 1.29 is 22.8 Å². The van der Waals surface area contributed by atoms with Gasteiger partial charge in [0, 0.05) is 25.6 Å². The van der Waals surface area contributed by atoms with Crippen molar-refractivity contribution in [2.45, 2.75) is 20.4 Å². The number of hydrogen-bond donors (Lipinski definition) is 1. The summed E-state index contributed by atoms with van der Waals surface area (Å²) in [7, 11) is 0. The molecule has 0 saturated heterocycles. The average Bonchev–Trinajstić information content (AvgIpc) is 3.42. The van der Waals surface area contributed by atoms with Gasteiger partial charge in [0.1, 0.15) is 11.6 Å². The molecular weight excluding hydrogens is 391 g/mol. The molecule has 0 bridgehead atoms. The summed E-state index contributed by atoms with van der Waals surface area (Å²) in [5, 5.41) is 6.88. The summed E-state index contributed by atoms with van der Waals surface area (Å²) < 4.78 is 26.1. The van der Waals surface area contributed by atoms with Crippen molar-refractivity contribution in [1.82, 2.24) is 14.8 Å². The summed E-state index contributed by atoms with van der Waals surface area (Å²) in [6, 6.07) is 9.04. The molecule has 1 N–H and O–H groups in total. The number of aryl methyl sites for hydroxylation is 1. The molecule has 0 aliphatic carbocycles. The number of benzene rings is 1. The fourth-order valence-corrected chi connectivity index (χ4v) is 2.92. The summed E-state index contributed by atoms with van der Waals surface area (Å²) >= 11 is 0. The Hall–Kier alpha value is -4.01. The van der Waals surface area contributed by atoms with Crippen molar-refractivity contribution in [1.29, 1.82) is 0 Å². The molecule has 3 heterocycles. The minimum Gasteiger partial charge on any atom is -0.456 e. The maximum Gasteiger partial charge on any atom is 0.278 e. The zero-order chi connectivity index (χ0) is 21.3. The number of halogens is 1. The molecule has 152 valence electrons. The second-order valence-corrected chi connectivity index (χ2v) is 6.62. The molecule has 0 aliphatic rings. The van der Waals surface area contributed by atoms with Crippen LogP contribution < -0.4 is 5.32 Å². The van der Waals surface area contributed by atoms with E-state index in [4.69, 9.17) is 8.83 Å². The third-order valence-electron chi connectivity index (χ3n) is 4.25. The van der Waals surface area contributed by atoms with Crippen LogP contribution in [0.1, 0.15) is 39.6 Å². The van der Waals surface area contributed by atoms with Gasteiger partial charge in [-0.15, -0.1) is 0 Å². The Balaban J connectivity index is 1.50. The molecule has 4 rings (SSSR count). The molecule has 0 fully saturated rings. The lowest BCUT2D eigenvalue weighted by molar-refractivity contribution is 0.0983. The fourth-order valence-electron chi connectivity index (χ4n) is 2.92. The van der Waals surface area contributed by atoms with Gasteiger partial charge in [-0.3, -0.25) is 14.3 Å². The predicted octanol–water partition coefficient (Wildman–Crippen LogP) is 4.08. The SMILES string of the molecule is CC(=O)c1ccc(Cn2cc(NC(=O)c3nc(C)oc3-c3cccc(F)c3)cn2)o1. The van der Waals surface area contributed by atoms with Crippen LogP contribution in [0.5, 0.6) is 0 Å². The van der Waals surface area contributed by atoms with E-state index in [1.54, 1.807) is 36.0 Å². The first-order valence-corrected chi connectivity index (χ1v) is 9.06. The van der Waals surface area contributed by atoms with Crippen LogP contribution in [0.25, 0.3) is 11.3 Å². The van der Waals surface area contributed by atoms with Gasteiger partial charge in [0.15, 0.2) is 28.9 Å². The van der Waals surface area contributed by atoms with Crippen LogP contribution in [-0.2, 0) is 6.54 Å². The number of carbonyl (C=O) groups is 2. The first kappa shape index (κ1) is 19.3. The van der Waals surface area contributed by atoms with E-state index in [1.165, 1.54) is 31.3 Å². The summed E-state index contributed by atoms with van der Waals surface area (Å²) in [6.07, 6.45) is 3.09. The normalized spacial score (nSPS) is 10.9. The van der Waals surface area contributed by atoms with Crippen molar-refractivity contribution >= 4 is 17.4 Å². The monoisotopic (exact) mass is 408 g/mol. The summed E-state index contributed by atoms with van der Waals surface area (Å²) in [5.41, 5.74) is 0.891. The van der Waals surface area contributed by atoms with Gasteiger partial charge in [-0.1, -0.05) is 12.1 Å². The number of nitrogens with one attached hydrogen (secondary N) is 1. The molecule has 0 unspecified atom stereocenters. The lowest BCUT2D eigenvalue weighted by Crippen LogP contribution is -2.13. The zero-order valence-electron chi connectivity index (χ0n) is 16.2. The van der Waals surface area contributed by atoms with E-state index in [0.29, 0.717) is 23.6 Å². The Bertz CT molecular complexity index is 1240. The molecule has 3 aromatic heterocycles. The van der Waals surface area contributed by atoms with E-state index in [-0.39, 0.29) is 28.9 Å². The third-order valence-corrected chi connectivity index (χ3v) is 4.25. The molecule has 0 atom stereocenters. The zero-order valence-corrected chi connectivity index (χ0v) is 16.2. The largest absolute Gasteiger partial charge is 0.456 e. The second kappa shape index (κ2) is 7.78. The highest BCUT2D eigenvalue weighted by molar-refractivity contribution is 6.06. The Morgan fingerprint density at radius 2 is 2.03 bits per heavy atom. The van der Waals surface area contributed by atoms with Crippen molar-refractivity contribution in [3.63, 3.8) is 0 Å². The van der Waals surface area contributed by atoms with Crippen LogP contribution in [0.3, 0.4) is 0 Å². The number of aromatic nitrogens is 3. The molecule has 0 aliphatic heterocycles. The molecule has 0 saturated carbocycles. The highest BCUT2D eigenvalue weighted by Crippen LogP contribution is 2.26. The number of anilines is 1. The van der Waals surface area contributed by atoms with E-state index in [1.807, 2.05) is 0 Å². The van der Waals surface area contributed by atoms with Crippen LogP contribution in [0, 0.1) is 12.7 Å². The molecule has 0 spiro atoms. The van der Waals surface area contributed by atoms with Crippen molar-refractivity contribution in [3.8, 4) is 11.3 Å². The fraction of sp³-hybridized carbons (Fsp3) is 0.143. The van der Waals surface area contributed by atoms with E-state index in [0.717, 1.165) is 0 Å². The maximum atomic E-state index is 13.6. The molecule has 9 heteroatoms. The minimum absolute atomic E-state index is 0.0444. The Labute approximate surface area is 170 Å². The van der Waals surface area contributed by atoms with Crippen LogP contribution in [0.15, 0.2) is 57.6 Å². The third kappa shape index (κ3) is 4.04. The Kier molecular flexibility index (Phi) is 5.01. The topological polar surface area (TPSA) is 103 Å². The molecular formula is C21H17FN4O4. The smallest absolute Gasteiger partial charge is 0.278 e. The van der Waals surface area contributed by atoms with Crippen molar-refractivity contribution in [3.05, 3.63) is 77.7 Å². The van der Waals surface area contributed by atoms with Crippen LogP contribution >= 0.6 is 0 Å².